The lowest BCUT2D eigenvalue weighted by atomic mass is 11.4. The SMILES string of the molecule is C#C.C#C.Cl.Cl. The fraction of sp³-hybridized carbons (Fsp3) is 0. The Balaban J connectivity index is -0.00000000500. The summed E-state index contributed by atoms with van der Waals surface area (Å²) >= 11 is 0. The van der Waals surface area contributed by atoms with Crippen molar-refractivity contribution in [2.75, 3.05) is 0 Å². The first-order valence-corrected chi connectivity index (χ1v) is 0.667. The summed E-state index contributed by atoms with van der Waals surface area (Å²) in [5.74, 6) is 0. The van der Waals surface area contributed by atoms with Gasteiger partial charge in [0.25, 0.3) is 0 Å². The Bertz CT molecular complexity index is 21.0. The molecule has 0 aromatic carbocycles. The van der Waals surface area contributed by atoms with Gasteiger partial charge in [0, 0.05) is 0 Å². The molecule has 0 unspecified atom stereocenters. The van der Waals surface area contributed by atoms with Crippen LogP contribution in [0.4, 0.5) is 0 Å². The molecule has 0 N–H and O–H groups in total. The van der Waals surface area contributed by atoms with E-state index in [1.165, 1.54) is 0 Å². The first kappa shape index (κ1) is 43.6. The smallest absolute Gasteiger partial charge is 0.124 e. The summed E-state index contributed by atoms with van der Waals surface area (Å²) in [5, 5.41) is 0. The molecule has 0 amide bonds. The molecule has 2 heteroatoms. The molecule has 0 aromatic rings. The summed E-state index contributed by atoms with van der Waals surface area (Å²) in [6, 6.07) is 0. The second kappa shape index (κ2) is 715. The first-order valence-electron chi connectivity index (χ1n) is 0.667. The molecule has 0 bridgehead atoms. The van der Waals surface area contributed by atoms with E-state index in [0.717, 1.165) is 0 Å². The topological polar surface area (TPSA) is 0 Å². The summed E-state index contributed by atoms with van der Waals surface area (Å²) in [6.45, 7) is 0. The highest BCUT2D eigenvalue weighted by Gasteiger charge is 0.456. The Morgan fingerprint density at radius 3 is 0.500 bits per heavy atom. The van der Waals surface area contributed by atoms with Crippen LogP contribution in [0.5, 0.6) is 0 Å². The number of terminal acetylenes is 2. The van der Waals surface area contributed by atoms with E-state index >= 15 is 0 Å². The average Bonchev–Trinajstić information content (AvgIpc) is 1.50. The molecule has 0 aliphatic heterocycles. The third kappa shape index (κ3) is 300. The van der Waals surface area contributed by atoms with Crippen molar-refractivity contribution in [2.24, 2.45) is 0 Å². The van der Waals surface area contributed by atoms with Crippen LogP contribution in [-0.2, 0) is 0 Å². The lowest BCUT2D eigenvalue weighted by Crippen LogP contribution is -0.576. The number of rotatable bonds is 0. The van der Waals surface area contributed by atoms with Gasteiger partial charge in [0.1, 0.15) is 0 Å². The van der Waals surface area contributed by atoms with Crippen LogP contribution in [0.25, 0.3) is 0 Å². The zero-order valence-corrected chi connectivity index (χ0v) is 4.76. The van der Waals surface area contributed by atoms with Crippen LogP contribution in [0.15, 0.2) is 0 Å². The standard InChI is InChI=1S/2C2H2.2ClH/c2*1-2;;/h2*1-2H;2*1H. The second-order valence-electron chi connectivity index (χ2n) is 0. The minimum Gasteiger partial charge on any atom is -0.147 e. The first-order chi connectivity index (χ1) is 2.00. The van der Waals surface area contributed by atoms with Gasteiger partial charge in [-0.15, -0.1) is 50.5 Å². The van der Waals surface area contributed by atoms with Gasteiger partial charge in [-0.3, -0.25) is 0 Å². The zero-order valence-electron chi connectivity index (χ0n) is 3.13. The van der Waals surface area contributed by atoms with Gasteiger partial charge < -0.3 is 0 Å². The summed E-state index contributed by atoms with van der Waals surface area (Å²) in [6.07, 6.45) is 16.0. The molecule has 36 valence electrons. The third-order valence-corrected chi connectivity index (χ3v) is 0. The minimum atomic E-state index is 0. The molecule has 0 fully saturated rings. The highest BCUT2D eigenvalue weighted by atomic mass is 35.5. The quantitative estimate of drug-likeness (QED) is 0.428. The van der Waals surface area contributed by atoms with E-state index in [4.69, 9.17) is 0 Å². The van der Waals surface area contributed by atoms with Crippen molar-refractivity contribution in [1.29, 1.82) is 0 Å². The molecule has 0 heterocycles. The largest absolute Gasteiger partial charge is 0.147 e. The summed E-state index contributed by atoms with van der Waals surface area (Å²) < 4.78 is 0. The molecule has 0 aliphatic carbocycles. The Morgan fingerprint density at radius 1 is 0.500 bits per heavy atom. The van der Waals surface area contributed by atoms with Gasteiger partial charge in [0.2, 0.25) is 0 Å². The van der Waals surface area contributed by atoms with Gasteiger partial charge in [-0.2, -0.15) is 0 Å². The van der Waals surface area contributed by atoms with E-state index in [1.54, 1.807) is 0 Å². The van der Waals surface area contributed by atoms with Crippen LogP contribution in [0.2, 0.25) is 0 Å². The van der Waals surface area contributed by atoms with E-state index in [1.807, 2.05) is 0 Å². The molecule has 0 aliphatic rings. The van der Waals surface area contributed by atoms with Crippen molar-refractivity contribution in [1.82, 2.24) is 0 Å². The fourth-order valence-electron chi connectivity index (χ4n) is 0. The molecule has 0 spiro atoms. The van der Waals surface area contributed by atoms with E-state index < -0.39 is 0 Å². The molecule has 6 heavy (non-hydrogen) atoms. The molecule has 0 rings (SSSR count). The van der Waals surface area contributed by atoms with Crippen LogP contribution in [0.3, 0.4) is 0 Å². The Hall–Kier alpha value is -0.300. The van der Waals surface area contributed by atoms with Crippen molar-refractivity contribution in [3.8, 4) is 25.7 Å². The van der Waals surface area contributed by atoms with Crippen LogP contribution in [0, 0.1) is 25.7 Å². The van der Waals surface area contributed by atoms with E-state index in [2.05, 4.69) is 25.7 Å². The van der Waals surface area contributed by atoms with E-state index in [0.29, 0.717) is 0 Å². The minimum absolute atomic E-state index is 0. The van der Waals surface area contributed by atoms with Crippen LogP contribution in [0.1, 0.15) is 0 Å². The van der Waals surface area contributed by atoms with Crippen molar-refractivity contribution in [3.63, 3.8) is 0 Å². The van der Waals surface area contributed by atoms with Gasteiger partial charge in [0.15, 0.2) is 0 Å². The summed E-state index contributed by atoms with van der Waals surface area (Å²) in [4.78, 5) is 0. The van der Waals surface area contributed by atoms with Crippen molar-refractivity contribution in [3.05, 3.63) is 0 Å². The average molecular weight is 125 g/mol. The van der Waals surface area contributed by atoms with Crippen molar-refractivity contribution in [2.45, 2.75) is 0 Å². The molecular weight excluding hydrogens is 119 g/mol. The molecule has 0 radical (unpaired) electrons. The molecule has 0 atom stereocenters. The van der Waals surface area contributed by atoms with Crippen LogP contribution in [-0.4, -0.2) is 0 Å². The van der Waals surface area contributed by atoms with Crippen molar-refractivity contribution >= 4 is 24.8 Å². The zero-order chi connectivity index (χ0) is 4.00. The van der Waals surface area contributed by atoms with E-state index in [9.17, 15) is 0 Å². The molecular formula is C4H6Cl2. The number of hydrogen-bond donors (Lipinski definition) is 0. The lowest BCUT2D eigenvalue weighted by molar-refractivity contribution is 3.31. The fourth-order valence-corrected chi connectivity index (χ4v) is 0. The maximum Gasteiger partial charge on any atom is -0.124 e. The normalized spacial score (nSPS) is 0.667. The Kier molecular flexibility index (Phi) is 5190. The van der Waals surface area contributed by atoms with Crippen LogP contribution < -0.4 is 0 Å². The molecule has 0 nitrogen and oxygen atoms in total. The van der Waals surface area contributed by atoms with Gasteiger partial charge >= 0.3 is 0 Å². The number of hydrogen-bond acceptors (Lipinski definition) is 0. The summed E-state index contributed by atoms with van der Waals surface area (Å²) in [7, 11) is 0. The summed E-state index contributed by atoms with van der Waals surface area (Å²) in [5.41, 5.74) is 0. The van der Waals surface area contributed by atoms with Gasteiger partial charge in [-0.05, 0) is 0 Å². The number of halogens is 2. The predicted octanol–water partition coefficient (Wildman–Crippen LogP) is 1.34. The monoisotopic (exact) mass is 124 g/mol. The van der Waals surface area contributed by atoms with E-state index in [-0.39, 0.29) is 24.8 Å². The molecule has 0 aromatic heterocycles. The predicted molar refractivity (Wildman–Crippen MR) is 34.3 cm³/mol. The maximum absolute atomic E-state index is 4.00. The Labute approximate surface area is 51.1 Å². The van der Waals surface area contributed by atoms with Gasteiger partial charge in [0.05, 0.1) is 0 Å². The highest BCUT2D eigenvalue weighted by molar-refractivity contribution is 5.85. The molecule has 0 saturated heterocycles. The second-order valence-corrected chi connectivity index (χ2v) is 0. The maximum atomic E-state index is 4.00. The molecule has 0 saturated carbocycles. The van der Waals surface area contributed by atoms with Gasteiger partial charge in [-0.1, -0.05) is 0 Å². The van der Waals surface area contributed by atoms with Gasteiger partial charge in [-0.25, -0.2) is 0 Å². The third-order valence-electron chi connectivity index (χ3n) is 0. The Morgan fingerprint density at radius 2 is 0.500 bits per heavy atom. The highest BCUT2D eigenvalue weighted by Crippen LogP contribution is 0.691. The van der Waals surface area contributed by atoms with Crippen molar-refractivity contribution < 1.29 is 0 Å². The van der Waals surface area contributed by atoms with Crippen LogP contribution >= 0.6 is 24.8 Å². The lowest BCUT2D eigenvalue weighted by Gasteiger charge is -0.701.